The predicted molar refractivity (Wildman–Crippen MR) is 80.9 cm³/mol. The van der Waals surface area contributed by atoms with Gasteiger partial charge in [-0.25, -0.2) is 4.98 Å². The molecule has 3 rings (SSSR count). The molecule has 1 aromatic heterocycles. The van der Waals surface area contributed by atoms with Crippen molar-refractivity contribution in [3.8, 4) is 0 Å². The van der Waals surface area contributed by atoms with Crippen LogP contribution in [-0.2, 0) is 4.79 Å². The predicted octanol–water partition coefficient (Wildman–Crippen LogP) is 2.59. The number of nitrogens with zero attached hydrogens (tertiary/aromatic N) is 2. The molecule has 0 saturated carbocycles. The first-order chi connectivity index (χ1) is 9.63. The minimum atomic E-state index is -0.220. The lowest BCUT2D eigenvalue weighted by Crippen LogP contribution is -2.41. The molecule has 1 amide bonds. The summed E-state index contributed by atoms with van der Waals surface area (Å²) in [7, 11) is 0. The van der Waals surface area contributed by atoms with Gasteiger partial charge in [0.1, 0.15) is 5.82 Å². The fourth-order valence-electron chi connectivity index (χ4n) is 2.68. The lowest BCUT2D eigenvalue weighted by atomic mass is 9.97. The van der Waals surface area contributed by atoms with E-state index in [0.29, 0.717) is 11.6 Å². The molecule has 1 aromatic carbocycles. The number of primary amides is 1. The highest BCUT2D eigenvalue weighted by Crippen LogP contribution is 2.25. The third-order valence-corrected chi connectivity index (χ3v) is 4.02. The highest BCUT2D eigenvalue weighted by Gasteiger charge is 2.24. The van der Waals surface area contributed by atoms with Crippen molar-refractivity contribution >= 4 is 34.2 Å². The maximum absolute atomic E-state index is 11.3. The monoisotopic (exact) mass is 289 g/mol. The van der Waals surface area contributed by atoms with Gasteiger partial charge in [-0.1, -0.05) is 11.6 Å². The highest BCUT2D eigenvalue weighted by molar-refractivity contribution is 6.31. The second-order valence-electron chi connectivity index (χ2n) is 5.19. The van der Waals surface area contributed by atoms with Gasteiger partial charge in [0.15, 0.2) is 0 Å². The van der Waals surface area contributed by atoms with Gasteiger partial charge in [0.2, 0.25) is 5.91 Å². The van der Waals surface area contributed by atoms with E-state index < -0.39 is 0 Å². The summed E-state index contributed by atoms with van der Waals surface area (Å²) in [5.74, 6) is 0.597. The smallest absolute Gasteiger partial charge is 0.222 e. The Kier molecular flexibility index (Phi) is 3.49. The van der Waals surface area contributed by atoms with Crippen LogP contribution >= 0.6 is 11.6 Å². The highest BCUT2D eigenvalue weighted by atomic mass is 35.5. The molecule has 1 fully saturated rings. The Bertz CT molecular complexity index is 659. The fourth-order valence-corrected chi connectivity index (χ4v) is 2.86. The molecule has 0 aliphatic carbocycles. The molecule has 1 unspecified atom stereocenters. The summed E-state index contributed by atoms with van der Waals surface area (Å²) in [6.45, 7) is 1.57. The number of anilines is 1. The van der Waals surface area contributed by atoms with Crippen molar-refractivity contribution in [3.63, 3.8) is 0 Å². The van der Waals surface area contributed by atoms with Gasteiger partial charge >= 0.3 is 0 Å². The molecule has 1 saturated heterocycles. The van der Waals surface area contributed by atoms with E-state index in [1.54, 1.807) is 0 Å². The van der Waals surface area contributed by atoms with Crippen LogP contribution in [0, 0.1) is 5.92 Å². The summed E-state index contributed by atoms with van der Waals surface area (Å²) in [5, 5.41) is 1.73. The van der Waals surface area contributed by atoms with Crippen molar-refractivity contribution in [1.82, 2.24) is 4.98 Å². The third-order valence-electron chi connectivity index (χ3n) is 3.78. The van der Waals surface area contributed by atoms with Crippen LogP contribution in [0.1, 0.15) is 12.8 Å². The molecule has 0 bridgehead atoms. The van der Waals surface area contributed by atoms with Gasteiger partial charge in [-0.2, -0.15) is 0 Å². The number of amides is 1. The zero-order valence-electron chi connectivity index (χ0n) is 11.1. The number of piperidine rings is 1. The average Bonchev–Trinajstić information content (AvgIpc) is 2.47. The van der Waals surface area contributed by atoms with Crippen molar-refractivity contribution in [2.75, 3.05) is 18.0 Å². The lowest BCUT2D eigenvalue weighted by Gasteiger charge is -2.32. The number of fused-ring (bicyclic) bond motifs is 1. The number of hydrogen-bond donors (Lipinski definition) is 1. The van der Waals surface area contributed by atoms with Gasteiger partial charge in [-0.15, -0.1) is 0 Å². The third kappa shape index (κ3) is 2.56. The Labute approximate surface area is 122 Å². The van der Waals surface area contributed by atoms with Crippen molar-refractivity contribution in [2.45, 2.75) is 12.8 Å². The number of pyridine rings is 1. The molecular weight excluding hydrogens is 274 g/mol. The molecule has 0 radical (unpaired) electrons. The van der Waals surface area contributed by atoms with E-state index in [1.165, 1.54) is 0 Å². The maximum Gasteiger partial charge on any atom is 0.222 e. The van der Waals surface area contributed by atoms with Crippen LogP contribution in [0.5, 0.6) is 0 Å². The summed E-state index contributed by atoms with van der Waals surface area (Å²) in [5.41, 5.74) is 6.32. The van der Waals surface area contributed by atoms with Crippen molar-refractivity contribution in [2.24, 2.45) is 11.7 Å². The number of nitrogens with two attached hydrogens (primary N) is 1. The number of hydrogen-bond acceptors (Lipinski definition) is 3. The Morgan fingerprint density at radius 2 is 2.20 bits per heavy atom. The van der Waals surface area contributed by atoms with Crippen molar-refractivity contribution < 1.29 is 4.79 Å². The Morgan fingerprint density at radius 1 is 1.35 bits per heavy atom. The maximum atomic E-state index is 11.3. The lowest BCUT2D eigenvalue weighted by molar-refractivity contribution is -0.122. The molecule has 104 valence electrons. The summed E-state index contributed by atoms with van der Waals surface area (Å²) < 4.78 is 0. The van der Waals surface area contributed by atoms with Gasteiger partial charge in [0.05, 0.1) is 11.4 Å². The van der Waals surface area contributed by atoms with Crippen molar-refractivity contribution in [3.05, 3.63) is 35.4 Å². The molecular formula is C15H16ClN3O. The van der Waals surface area contributed by atoms with E-state index in [-0.39, 0.29) is 11.8 Å². The Balaban J connectivity index is 1.90. The van der Waals surface area contributed by atoms with Gasteiger partial charge in [-0.05, 0) is 43.2 Å². The van der Waals surface area contributed by atoms with E-state index in [9.17, 15) is 4.79 Å². The minimum absolute atomic E-state index is 0.0773. The van der Waals surface area contributed by atoms with Gasteiger partial charge in [0, 0.05) is 23.5 Å². The minimum Gasteiger partial charge on any atom is -0.369 e. The Hall–Kier alpha value is -1.81. The zero-order valence-corrected chi connectivity index (χ0v) is 11.8. The van der Waals surface area contributed by atoms with Crippen LogP contribution in [-0.4, -0.2) is 24.0 Å². The van der Waals surface area contributed by atoms with E-state index in [0.717, 1.165) is 36.1 Å². The van der Waals surface area contributed by atoms with Gasteiger partial charge in [0.25, 0.3) is 0 Å². The SMILES string of the molecule is NC(=O)C1CCCN(c2ccc3cc(Cl)ccc3n2)C1. The van der Waals surface area contributed by atoms with Gasteiger partial charge < -0.3 is 10.6 Å². The molecule has 1 aliphatic heterocycles. The van der Waals surface area contributed by atoms with Crippen LogP contribution in [0.25, 0.3) is 10.9 Å². The first-order valence-electron chi connectivity index (χ1n) is 6.74. The van der Waals surface area contributed by atoms with Gasteiger partial charge in [-0.3, -0.25) is 4.79 Å². The topological polar surface area (TPSA) is 59.2 Å². The first kappa shape index (κ1) is 13.2. The second kappa shape index (κ2) is 5.29. The molecule has 1 aliphatic rings. The molecule has 2 aromatic rings. The normalized spacial score (nSPS) is 19.2. The molecule has 1 atom stereocenters. The number of aromatic nitrogens is 1. The molecule has 2 N–H and O–H groups in total. The fraction of sp³-hybridized carbons (Fsp3) is 0.333. The molecule has 0 spiro atoms. The van der Waals surface area contributed by atoms with E-state index in [4.69, 9.17) is 17.3 Å². The number of rotatable bonds is 2. The Morgan fingerprint density at radius 3 is 3.00 bits per heavy atom. The molecule has 4 nitrogen and oxygen atoms in total. The van der Waals surface area contributed by atoms with Crippen LogP contribution in [0.15, 0.2) is 30.3 Å². The van der Waals surface area contributed by atoms with E-state index >= 15 is 0 Å². The molecule has 5 heteroatoms. The summed E-state index contributed by atoms with van der Waals surface area (Å²) in [4.78, 5) is 18.1. The van der Waals surface area contributed by atoms with E-state index in [2.05, 4.69) is 9.88 Å². The van der Waals surface area contributed by atoms with Crippen LogP contribution < -0.4 is 10.6 Å². The quantitative estimate of drug-likeness (QED) is 0.924. The number of halogens is 1. The largest absolute Gasteiger partial charge is 0.369 e. The summed E-state index contributed by atoms with van der Waals surface area (Å²) in [6.07, 6.45) is 1.84. The van der Waals surface area contributed by atoms with Crippen LogP contribution in [0.3, 0.4) is 0 Å². The number of benzene rings is 1. The average molecular weight is 290 g/mol. The first-order valence-corrected chi connectivity index (χ1v) is 7.12. The second-order valence-corrected chi connectivity index (χ2v) is 5.63. The zero-order chi connectivity index (χ0) is 14.1. The van der Waals surface area contributed by atoms with Crippen molar-refractivity contribution in [1.29, 1.82) is 0 Å². The molecule has 2 heterocycles. The van der Waals surface area contributed by atoms with Crippen LogP contribution in [0.4, 0.5) is 5.82 Å². The van der Waals surface area contributed by atoms with Crippen LogP contribution in [0.2, 0.25) is 5.02 Å². The van der Waals surface area contributed by atoms with E-state index in [1.807, 2.05) is 30.3 Å². The number of carbonyl (C=O) groups is 1. The standard InChI is InChI=1S/C15H16ClN3O/c16-12-4-5-13-10(8-12)3-6-14(18-13)19-7-1-2-11(9-19)15(17)20/h3-6,8,11H,1-2,7,9H2,(H2,17,20). The number of carbonyl (C=O) groups excluding carboxylic acids is 1. The summed E-state index contributed by atoms with van der Waals surface area (Å²) in [6, 6.07) is 9.63. The summed E-state index contributed by atoms with van der Waals surface area (Å²) >= 11 is 5.97. The molecule has 20 heavy (non-hydrogen) atoms.